The highest BCUT2D eigenvalue weighted by Gasteiger charge is 2.38. The molecule has 1 aromatic carbocycles. The molecule has 5 aromatic rings. The van der Waals surface area contributed by atoms with Crippen LogP contribution in [0, 0.1) is 17.1 Å². The molecule has 1 N–H and O–H groups in total. The van der Waals surface area contributed by atoms with E-state index in [1.54, 1.807) is 6.07 Å². The summed E-state index contributed by atoms with van der Waals surface area (Å²) >= 11 is 0. The minimum absolute atomic E-state index is 0.0376. The topological polar surface area (TPSA) is 131 Å². The molecule has 254 valence electrons. The third-order valence-corrected chi connectivity index (χ3v) is 8.34. The van der Waals surface area contributed by atoms with Gasteiger partial charge in [0, 0.05) is 25.3 Å². The first kappa shape index (κ1) is 32.4. The number of rotatable bonds is 8. The molecule has 1 saturated heterocycles. The first-order chi connectivity index (χ1) is 23.4. The van der Waals surface area contributed by atoms with Gasteiger partial charge >= 0.3 is 12.4 Å². The van der Waals surface area contributed by atoms with Gasteiger partial charge < -0.3 is 19.0 Å². The van der Waals surface area contributed by atoms with Crippen molar-refractivity contribution in [1.82, 2.24) is 39.6 Å². The SMILES string of the molecule is N#Cc1ccc(COc2nc3c(cc2C(F)(F)F)CCN(Cc2nc4cc(-c5nnc(C(F)(F)F)[nH]5)ncc4n2C[C@@H]2CCO2)C3)c(F)c1. The number of hydrogen-bond acceptors (Lipinski definition) is 9. The average molecular weight is 688 g/mol. The highest BCUT2D eigenvalue weighted by atomic mass is 19.4. The van der Waals surface area contributed by atoms with Gasteiger partial charge in [-0.1, -0.05) is 6.07 Å². The van der Waals surface area contributed by atoms with E-state index < -0.39 is 42.0 Å². The number of pyridine rings is 2. The standard InChI is InChI=1S/C31H24F7N9O2/c32-21-7-16(10-39)1-2-18(21)15-49-28-20(30(33,34)35)8-17-3-5-46(13-24(17)42-28)14-26-41-22-9-23(27-43-29(45-44-27)31(36,37)38)40-11-25(22)47(26)12-19-4-6-48-19/h1-2,7-9,11,19H,3-6,12-15H2,(H,43,44,45)/t19-/m0/s1. The van der Waals surface area contributed by atoms with Crippen molar-refractivity contribution in [2.45, 2.75) is 57.5 Å². The molecular formula is C31H24F7N9O2. The number of hydrogen-bond donors (Lipinski definition) is 1. The molecule has 11 nitrogen and oxygen atoms in total. The molecule has 0 amide bonds. The summed E-state index contributed by atoms with van der Waals surface area (Å²) in [7, 11) is 0. The molecule has 2 aliphatic heterocycles. The number of nitrogens with one attached hydrogen (secondary N) is 1. The van der Waals surface area contributed by atoms with Crippen LogP contribution in [0.5, 0.6) is 5.88 Å². The zero-order chi connectivity index (χ0) is 34.5. The zero-order valence-corrected chi connectivity index (χ0v) is 25.2. The molecule has 0 radical (unpaired) electrons. The summed E-state index contributed by atoms with van der Waals surface area (Å²) in [6.45, 7) is 1.30. The minimum atomic E-state index is -4.78. The number of alkyl halides is 6. The van der Waals surface area contributed by atoms with Crippen LogP contribution in [0.15, 0.2) is 36.5 Å². The van der Waals surface area contributed by atoms with E-state index in [2.05, 4.69) is 25.1 Å². The number of halogens is 7. The van der Waals surface area contributed by atoms with Crippen molar-refractivity contribution < 1.29 is 40.2 Å². The van der Waals surface area contributed by atoms with E-state index in [-0.39, 0.29) is 48.3 Å². The van der Waals surface area contributed by atoms with E-state index in [1.165, 1.54) is 24.4 Å². The van der Waals surface area contributed by atoms with Crippen molar-refractivity contribution in [3.05, 3.63) is 81.9 Å². The second-order valence-corrected chi connectivity index (χ2v) is 11.6. The molecule has 6 heterocycles. The molecule has 1 atom stereocenters. The average Bonchev–Trinajstić information content (AvgIpc) is 3.66. The Hall–Kier alpha value is -5.15. The monoisotopic (exact) mass is 687 g/mol. The van der Waals surface area contributed by atoms with Gasteiger partial charge in [-0.3, -0.25) is 9.88 Å². The van der Waals surface area contributed by atoms with Crippen molar-refractivity contribution in [2.75, 3.05) is 13.2 Å². The van der Waals surface area contributed by atoms with Crippen molar-refractivity contribution in [3.63, 3.8) is 0 Å². The Bertz CT molecular complexity index is 2080. The zero-order valence-electron chi connectivity index (χ0n) is 25.2. The molecule has 4 aromatic heterocycles. The van der Waals surface area contributed by atoms with Crippen LogP contribution in [0.1, 0.15) is 46.0 Å². The maximum absolute atomic E-state index is 14.4. The third kappa shape index (κ3) is 6.63. The smallest absolute Gasteiger partial charge is 0.451 e. The van der Waals surface area contributed by atoms with E-state index in [0.29, 0.717) is 47.8 Å². The van der Waals surface area contributed by atoms with Gasteiger partial charge in [-0.2, -0.15) is 31.6 Å². The molecule has 18 heteroatoms. The lowest BCUT2D eigenvalue weighted by Crippen LogP contribution is -2.34. The summed E-state index contributed by atoms with van der Waals surface area (Å²) in [6, 6.07) is 7.88. The summed E-state index contributed by atoms with van der Waals surface area (Å²) in [4.78, 5) is 17.4. The highest BCUT2D eigenvalue weighted by molar-refractivity contribution is 5.78. The van der Waals surface area contributed by atoms with Gasteiger partial charge in [0.25, 0.3) is 0 Å². The Labute approximate surface area is 272 Å². The second kappa shape index (κ2) is 12.4. The fourth-order valence-corrected chi connectivity index (χ4v) is 5.69. The molecule has 49 heavy (non-hydrogen) atoms. The number of aromatic nitrogens is 7. The Morgan fingerprint density at radius 3 is 2.55 bits per heavy atom. The predicted molar refractivity (Wildman–Crippen MR) is 155 cm³/mol. The lowest BCUT2D eigenvalue weighted by Gasteiger charge is -2.30. The number of benzene rings is 1. The van der Waals surface area contributed by atoms with E-state index >= 15 is 0 Å². The van der Waals surface area contributed by atoms with Crippen LogP contribution in [-0.2, 0) is 49.8 Å². The summed E-state index contributed by atoms with van der Waals surface area (Å²) in [5, 5.41) is 15.7. The van der Waals surface area contributed by atoms with Gasteiger partial charge in [-0.05, 0) is 42.7 Å². The van der Waals surface area contributed by atoms with Gasteiger partial charge in [-0.25, -0.2) is 14.4 Å². The third-order valence-electron chi connectivity index (χ3n) is 8.34. The molecule has 0 bridgehead atoms. The van der Waals surface area contributed by atoms with Crippen molar-refractivity contribution in [3.8, 4) is 23.5 Å². The quantitative estimate of drug-likeness (QED) is 0.208. The predicted octanol–water partition coefficient (Wildman–Crippen LogP) is 5.59. The number of nitriles is 1. The summed E-state index contributed by atoms with van der Waals surface area (Å²) in [6.07, 6.45) is -7.01. The molecule has 0 aliphatic carbocycles. The van der Waals surface area contributed by atoms with E-state index in [9.17, 15) is 30.7 Å². The Morgan fingerprint density at radius 2 is 1.88 bits per heavy atom. The summed E-state index contributed by atoms with van der Waals surface area (Å²) in [5.74, 6) is -2.33. The van der Waals surface area contributed by atoms with Gasteiger partial charge in [0.05, 0.1) is 53.8 Å². The van der Waals surface area contributed by atoms with Crippen LogP contribution in [0.2, 0.25) is 0 Å². The number of H-pyrrole nitrogens is 1. The highest BCUT2D eigenvalue weighted by Crippen LogP contribution is 2.38. The Morgan fingerprint density at radius 1 is 1.06 bits per heavy atom. The lowest BCUT2D eigenvalue weighted by atomic mass is 10.0. The molecule has 0 saturated carbocycles. The van der Waals surface area contributed by atoms with Crippen LogP contribution < -0.4 is 4.74 Å². The maximum Gasteiger partial charge on any atom is 0.451 e. The van der Waals surface area contributed by atoms with E-state index in [4.69, 9.17) is 19.7 Å². The number of aromatic amines is 1. The van der Waals surface area contributed by atoms with Crippen LogP contribution in [0.25, 0.3) is 22.6 Å². The lowest BCUT2D eigenvalue weighted by molar-refractivity contribution is -0.144. The van der Waals surface area contributed by atoms with Gasteiger partial charge in [0.15, 0.2) is 5.82 Å². The summed E-state index contributed by atoms with van der Waals surface area (Å²) < 4.78 is 109. The fraction of sp³-hybridized carbons (Fsp3) is 0.355. The molecule has 7 rings (SSSR count). The fourth-order valence-electron chi connectivity index (χ4n) is 5.69. The largest absolute Gasteiger partial charge is 0.472 e. The van der Waals surface area contributed by atoms with Crippen molar-refractivity contribution in [2.24, 2.45) is 0 Å². The van der Waals surface area contributed by atoms with E-state index in [0.717, 1.165) is 18.6 Å². The minimum Gasteiger partial charge on any atom is -0.472 e. The van der Waals surface area contributed by atoms with Crippen LogP contribution in [0.3, 0.4) is 0 Å². The number of ether oxygens (including phenoxy) is 2. The summed E-state index contributed by atoms with van der Waals surface area (Å²) in [5.41, 5.74) is 0.866. The van der Waals surface area contributed by atoms with Crippen LogP contribution in [-0.4, -0.2) is 58.9 Å². The van der Waals surface area contributed by atoms with Crippen LogP contribution in [0.4, 0.5) is 30.7 Å². The molecule has 0 spiro atoms. The molecule has 2 aliphatic rings. The Kier molecular flexibility index (Phi) is 8.19. The van der Waals surface area contributed by atoms with Gasteiger partial charge in [0.1, 0.15) is 29.5 Å². The first-order valence-electron chi connectivity index (χ1n) is 15.0. The molecule has 1 fully saturated rings. The number of fused-ring (bicyclic) bond motifs is 2. The Balaban J connectivity index is 1.15. The number of nitrogens with zero attached hydrogens (tertiary/aromatic N) is 8. The molecular weight excluding hydrogens is 663 g/mol. The second-order valence-electron chi connectivity index (χ2n) is 11.6. The number of imidazole rings is 1. The van der Waals surface area contributed by atoms with E-state index in [1.807, 2.05) is 9.47 Å². The van der Waals surface area contributed by atoms with Gasteiger partial charge in [0.2, 0.25) is 11.7 Å². The van der Waals surface area contributed by atoms with Crippen molar-refractivity contribution in [1.29, 1.82) is 5.26 Å². The normalized spacial score (nSPS) is 16.7. The molecule has 0 unspecified atom stereocenters. The van der Waals surface area contributed by atoms with Crippen LogP contribution >= 0.6 is 0 Å². The maximum atomic E-state index is 14.4. The van der Waals surface area contributed by atoms with Gasteiger partial charge in [-0.15, -0.1) is 10.2 Å². The first-order valence-corrected chi connectivity index (χ1v) is 15.0. The van der Waals surface area contributed by atoms with Crippen molar-refractivity contribution >= 4 is 11.0 Å².